The molecular weight excluding hydrogens is 308 g/mol. The van der Waals surface area contributed by atoms with E-state index in [0.717, 1.165) is 5.56 Å². The zero-order chi connectivity index (χ0) is 17.7. The summed E-state index contributed by atoms with van der Waals surface area (Å²) in [5, 5.41) is 13.8. The molecule has 0 saturated heterocycles. The first-order chi connectivity index (χ1) is 11.5. The van der Waals surface area contributed by atoms with Crippen LogP contribution in [0.2, 0.25) is 0 Å². The highest BCUT2D eigenvalue weighted by Gasteiger charge is 2.13. The van der Waals surface area contributed by atoms with Crippen LogP contribution >= 0.6 is 0 Å². The van der Waals surface area contributed by atoms with Gasteiger partial charge in [-0.15, -0.1) is 0 Å². The quantitative estimate of drug-likeness (QED) is 0.377. The number of nitrogens with zero attached hydrogens (tertiary/aromatic N) is 1. The molecule has 0 heterocycles. The van der Waals surface area contributed by atoms with E-state index in [9.17, 15) is 14.9 Å². The lowest BCUT2D eigenvalue weighted by Crippen LogP contribution is -1.99. The van der Waals surface area contributed by atoms with Gasteiger partial charge in [0.1, 0.15) is 11.4 Å². The highest BCUT2D eigenvalue weighted by atomic mass is 16.6. The summed E-state index contributed by atoms with van der Waals surface area (Å²) in [6.45, 7) is 1.91. The molecule has 0 unspecified atom stereocenters. The third kappa shape index (κ3) is 3.78. The maximum Gasteiger partial charge on any atom is 0.292 e. The van der Waals surface area contributed by atoms with Crippen LogP contribution in [0.4, 0.5) is 11.4 Å². The van der Waals surface area contributed by atoms with Crippen molar-refractivity contribution in [1.29, 1.82) is 0 Å². The predicted octanol–water partition coefficient (Wildman–Crippen LogP) is 3.85. The molecule has 0 spiro atoms. The third-order valence-electron chi connectivity index (χ3n) is 3.54. The predicted molar refractivity (Wildman–Crippen MR) is 93.7 cm³/mol. The second-order valence-electron chi connectivity index (χ2n) is 5.19. The number of nitrogens with one attached hydrogen (secondary N) is 1. The van der Waals surface area contributed by atoms with E-state index in [1.807, 2.05) is 13.0 Å². The standard InChI is InChI=1S/C18H18N2O4/c1-12-4-7-14(18(10-12)24-3)17(21)9-6-13-5-8-15(19-2)16(11-13)20(22)23/h4-11,19H,1-3H3/b9-6+. The maximum atomic E-state index is 12.3. The number of rotatable bonds is 6. The summed E-state index contributed by atoms with van der Waals surface area (Å²) in [7, 11) is 3.13. The summed E-state index contributed by atoms with van der Waals surface area (Å²) < 4.78 is 5.23. The topological polar surface area (TPSA) is 81.5 Å². The minimum Gasteiger partial charge on any atom is -0.496 e. The Labute approximate surface area is 139 Å². The number of allylic oxidation sites excluding steroid dienone is 1. The molecule has 0 aliphatic rings. The van der Waals surface area contributed by atoms with Crippen LogP contribution in [0.3, 0.4) is 0 Å². The summed E-state index contributed by atoms with van der Waals surface area (Å²) >= 11 is 0. The number of hydrogen-bond acceptors (Lipinski definition) is 5. The second-order valence-corrected chi connectivity index (χ2v) is 5.19. The van der Waals surface area contributed by atoms with Crippen molar-refractivity contribution >= 4 is 23.2 Å². The van der Waals surface area contributed by atoms with E-state index in [0.29, 0.717) is 22.6 Å². The Morgan fingerprint density at radius 3 is 2.62 bits per heavy atom. The summed E-state index contributed by atoms with van der Waals surface area (Å²) in [5.74, 6) is 0.272. The van der Waals surface area contributed by atoms with Crippen molar-refractivity contribution < 1.29 is 14.5 Å². The smallest absolute Gasteiger partial charge is 0.292 e. The normalized spacial score (nSPS) is 10.6. The Bertz CT molecular complexity index is 813. The zero-order valence-electron chi connectivity index (χ0n) is 13.7. The summed E-state index contributed by atoms with van der Waals surface area (Å²) in [4.78, 5) is 22.9. The summed E-state index contributed by atoms with van der Waals surface area (Å²) in [5.41, 5.74) is 2.38. The van der Waals surface area contributed by atoms with Crippen molar-refractivity contribution in [3.05, 3.63) is 69.3 Å². The average Bonchev–Trinajstić information content (AvgIpc) is 2.59. The first kappa shape index (κ1) is 17.2. The van der Waals surface area contributed by atoms with Gasteiger partial charge in [0.05, 0.1) is 17.6 Å². The molecule has 124 valence electrons. The Kier molecular flexibility index (Phi) is 5.31. The number of nitro benzene ring substituents is 1. The molecule has 0 aliphatic heterocycles. The molecule has 0 aromatic heterocycles. The molecule has 0 bridgehead atoms. The van der Waals surface area contributed by atoms with Crippen molar-refractivity contribution in [1.82, 2.24) is 0 Å². The number of carbonyl (C=O) groups excluding carboxylic acids is 1. The Morgan fingerprint density at radius 2 is 2.00 bits per heavy atom. The molecular formula is C18H18N2O4. The van der Waals surface area contributed by atoms with E-state index >= 15 is 0 Å². The molecule has 2 aromatic rings. The molecule has 6 nitrogen and oxygen atoms in total. The number of nitro groups is 1. The van der Waals surface area contributed by atoms with Crippen LogP contribution in [0.25, 0.3) is 6.08 Å². The van der Waals surface area contributed by atoms with E-state index in [2.05, 4.69) is 5.32 Å². The lowest BCUT2D eigenvalue weighted by Gasteiger charge is -2.06. The van der Waals surface area contributed by atoms with E-state index in [1.54, 1.807) is 37.4 Å². The van der Waals surface area contributed by atoms with Crippen LogP contribution in [0, 0.1) is 17.0 Å². The van der Waals surface area contributed by atoms with Gasteiger partial charge in [-0.25, -0.2) is 0 Å². The van der Waals surface area contributed by atoms with Crippen molar-refractivity contribution in [2.24, 2.45) is 0 Å². The highest BCUT2D eigenvalue weighted by Crippen LogP contribution is 2.26. The van der Waals surface area contributed by atoms with Gasteiger partial charge in [-0.05, 0) is 42.3 Å². The SMILES string of the molecule is CNc1ccc(/C=C/C(=O)c2ccc(C)cc2OC)cc1[N+](=O)[O-]. The first-order valence-electron chi connectivity index (χ1n) is 7.29. The van der Waals surface area contributed by atoms with Gasteiger partial charge in [-0.3, -0.25) is 14.9 Å². The van der Waals surface area contributed by atoms with Crippen molar-refractivity contribution in [2.45, 2.75) is 6.92 Å². The fraction of sp³-hybridized carbons (Fsp3) is 0.167. The molecule has 2 rings (SSSR count). The van der Waals surface area contributed by atoms with Crippen LogP contribution in [0.5, 0.6) is 5.75 Å². The lowest BCUT2D eigenvalue weighted by molar-refractivity contribution is -0.383. The third-order valence-corrected chi connectivity index (χ3v) is 3.54. The lowest BCUT2D eigenvalue weighted by atomic mass is 10.1. The van der Waals surface area contributed by atoms with Crippen LogP contribution in [-0.2, 0) is 0 Å². The molecule has 0 atom stereocenters. The number of aryl methyl sites for hydroxylation is 1. The summed E-state index contributed by atoms with van der Waals surface area (Å²) in [6.07, 6.45) is 2.93. The van der Waals surface area contributed by atoms with Gasteiger partial charge >= 0.3 is 0 Å². The number of ketones is 1. The molecule has 2 aromatic carbocycles. The molecule has 0 aliphatic carbocycles. The minimum atomic E-state index is -0.464. The van der Waals surface area contributed by atoms with Crippen LogP contribution in [-0.4, -0.2) is 24.9 Å². The largest absolute Gasteiger partial charge is 0.496 e. The van der Waals surface area contributed by atoms with Gasteiger partial charge in [0, 0.05) is 13.1 Å². The van der Waals surface area contributed by atoms with E-state index < -0.39 is 4.92 Å². The average molecular weight is 326 g/mol. The Balaban J connectivity index is 2.29. The number of ether oxygens (including phenoxy) is 1. The molecule has 6 heteroatoms. The Morgan fingerprint density at radius 1 is 1.25 bits per heavy atom. The first-order valence-corrected chi connectivity index (χ1v) is 7.29. The molecule has 1 N–H and O–H groups in total. The molecule has 0 saturated carbocycles. The fourth-order valence-electron chi connectivity index (χ4n) is 2.28. The van der Waals surface area contributed by atoms with Crippen LogP contribution < -0.4 is 10.1 Å². The maximum absolute atomic E-state index is 12.3. The number of hydrogen-bond donors (Lipinski definition) is 1. The van der Waals surface area contributed by atoms with Gasteiger partial charge in [0.25, 0.3) is 5.69 Å². The summed E-state index contributed by atoms with van der Waals surface area (Å²) in [6, 6.07) is 10.0. The van der Waals surface area contributed by atoms with Crippen molar-refractivity contribution in [3.8, 4) is 5.75 Å². The van der Waals surface area contributed by atoms with Gasteiger partial charge in [0.15, 0.2) is 5.78 Å². The van der Waals surface area contributed by atoms with E-state index in [1.165, 1.54) is 19.3 Å². The van der Waals surface area contributed by atoms with Gasteiger partial charge in [-0.2, -0.15) is 0 Å². The Hall–Kier alpha value is -3.15. The number of benzene rings is 2. The van der Waals surface area contributed by atoms with Gasteiger partial charge in [-0.1, -0.05) is 18.2 Å². The fourth-order valence-corrected chi connectivity index (χ4v) is 2.28. The van der Waals surface area contributed by atoms with Gasteiger partial charge in [0.2, 0.25) is 0 Å². The highest BCUT2D eigenvalue weighted by molar-refractivity contribution is 6.08. The number of methoxy groups -OCH3 is 1. The molecule has 0 radical (unpaired) electrons. The molecule has 0 amide bonds. The van der Waals surface area contributed by atoms with Crippen molar-refractivity contribution in [2.75, 3.05) is 19.5 Å². The van der Waals surface area contributed by atoms with Crippen molar-refractivity contribution in [3.63, 3.8) is 0 Å². The minimum absolute atomic E-state index is 0.0417. The van der Waals surface area contributed by atoms with E-state index in [4.69, 9.17) is 4.74 Å². The molecule has 24 heavy (non-hydrogen) atoms. The molecule has 0 fully saturated rings. The van der Waals surface area contributed by atoms with Crippen LogP contribution in [0.1, 0.15) is 21.5 Å². The van der Waals surface area contributed by atoms with E-state index in [-0.39, 0.29) is 11.5 Å². The second kappa shape index (κ2) is 7.41. The number of anilines is 1. The number of carbonyl (C=O) groups is 1. The zero-order valence-corrected chi connectivity index (χ0v) is 13.7. The monoisotopic (exact) mass is 326 g/mol. The van der Waals surface area contributed by atoms with Gasteiger partial charge < -0.3 is 10.1 Å². The van der Waals surface area contributed by atoms with Crippen LogP contribution in [0.15, 0.2) is 42.5 Å².